The largest absolute Gasteiger partial charge is 0.494 e. The van der Waals surface area contributed by atoms with Crippen LogP contribution >= 0.6 is 0 Å². The molecule has 38 heavy (non-hydrogen) atoms. The van der Waals surface area contributed by atoms with Crippen molar-refractivity contribution in [3.8, 4) is 5.75 Å². The third kappa shape index (κ3) is 6.33. The third-order valence-corrected chi connectivity index (χ3v) is 5.99. The fourth-order valence-corrected chi connectivity index (χ4v) is 4.08. The van der Waals surface area contributed by atoms with Crippen LogP contribution in [0.25, 0.3) is 0 Å². The van der Waals surface area contributed by atoms with Gasteiger partial charge in [-0.05, 0) is 68.3 Å². The number of amides is 2. The van der Waals surface area contributed by atoms with Crippen LogP contribution in [0.3, 0.4) is 0 Å². The highest BCUT2D eigenvalue weighted by atomic mass is 16.5. The topological polar surface area (TPSA) is 168 Å². The fourth-order valence-electron chi connectivity index (χ4n) is 4.08. The molecular weight excluding hydrogens is 488 g/mol. The minimum absolute atomic E-state index is 0.0367. The first-order valence-corrected chi connectivity index (χ1v) is 12.2. The zero-order chi connectivity index (χ0) is 27.1. The van der Waals surface area contributed by atoms with Crippen LogP contribution in [-0.2, 0) is 4.74 Å². The first-order chi connectivity index (χ1) is 18.4. The zero-order valence-corrected chi connectivity index (χ0v) is 21.2. The van der Waals surface area contributed by atoms with E-state index in [-0.39, 0.29) is 29.4 Å². The molecule has 0 radical (unpaired) electrons. The quantitative estimate of drug-likeness (QED) is 0.246. The van der Waals surface area contributed by atoms with Gasteiger partial charge >= 0.3 is 0 Å². The predicted molar refractivity (Wildman–Crippen MR) is 142 cm³/mol. The number of ether oxygens (including phenoxy) is 2. The molecule has 1 aliphatic heterocycles. The summed E-state index contributed by atoms with van der Waals surface area (Å²) in [5.41, 5.74) is 7.17. The molecule has 1 fully saturated rings. The molecule has 1 aromatic heterocycles. The van der Waals surface area contributed by atoms with E-state index in [1.54, 1.807) is 48.5 Å². The second kappa shape index (κ2) is 12.0. The van der Waals surface area contributed by atoms with Gasteiger partial charge in [-0.25, -0.2) is 0 Å². The monoisotopic (exact) mass is 518 g/mol. The maximum atomic E-state index is 12.8. The molecule has 2 heterocycles. The van der Waals surface area contributed by atoms with Crippen LogP contribution in [0.2, 0.25) is 0 Å². The lowest BCUT2D eigenvalue weighted by Gasteiger charge is -2.33. The van der Waals surface area contributed by atoms with Gasteiger partial charge in [0.05, 0.1) is 13.7 Å². The van der Waals surface area contributed by atoms with E-state index in [0.29, 0.717) is 48.2 Å². The molecule has 12 nitrogen and oxygen atoms in total. The van der Waals surface area contributed by atoms with Gasteiger partial charge in [0.2, 0.25) is 11.8 Å². The first-order valence-electron chi connectivity index (χ1n) is 12.2. The van der Waals surface area contributed by atoms with Crippen LogP contribution < -0.4 is 26.0 Å². The molecule has 1 saturated heterocycles. The Labute approximate surface area is 220 Å². The summed E-state index contributed by atoms with van der Waals surface area (Å²) < 4.78 is 10.4. The molecule has 0 aliphatic carbocycles. The van der Waals surface area contributed by atoms with Crippen molar-refractivity contribution < 1.29 is 19.1 Å². The molecule has 5 N–H and O–H groups in total. The Morgan fingerprint density at radius 2 is 1.82 bits per heavy atom. The minimum Gasteiger partial charge on any atom is -0.494 e. The fraction of sp³-hybridized carbons (Fsp3) is 0.308. The number of nitrogens with two attached hydrogens (primary N) is 1. The van der Waals surface area contributed by atoms with Crippen LogP contribution in [0.4, 0.5) is 17.5 Å². The Morgan fingerprint density at radius 3 is 2.47 bits per heavy atom. The van der Waals surface area contributed by atoms with Crippen molar-refractivity contribution in [2.45, 2.75) is 25.8 Å². The molecular formula is C26H30N8O4. The molecule has 1 atom stereocenters. The van der Waals surface area contributed by atoms with Crippen LogP contribution in [0, 0.1) is 5.41 Å². The molecule has 3 aromatic rings. The Kier molecular flexibility index (Phi) is 8.31. The lowest BCUT2D eigenvalue weighted by atomic mass is 10.1. The van der Waals surface area contributed by atoms with Gasteiger partial charge in [-0.1, -0.05) is 0 Å². The molecule has 198 valence electrons. The molecule has 0 saturated carbocycles. The average Bonchev–Trinajstić information content (AvgIpc) is 2.93. The lowest BCUT2D eigenvalue weighted by molar-refractivity contribution is 0.0931. The Hall–Kier alpha value is -4.74. The highest BCUT2D eigenvalue weighted by Gasteiger charge is 2.25. The molecule has 2 amide bonds. The normalized spacial score (nSPS) is 14.9. The summed E-state index contributed by atoms with van der Waals surface area (Å²) in [6.45, 7) is 3.61. The van der Waals surface area contributed by atoms with Crippen molar-refractivity contribution in [1.82, 2.24) is 20.5 Å². The number of anilines is 3. The second-order valence-electron chi connectivity index (χ2n) is 8.62. The molecule has 1 aliphatic rings. The maximum Gasteiger partial charge on any atom is 0.273 e. The summed E-state index contributed by atoms with van der Waals surface area (Å²) in [5.74, 6) is 0.292. The van der Waals surface area contributed by atoms with Crippen molar-refractivity contribution in [3.05, 3.63) is 65.4 Å². The van der Waals surface area contributed by atoms with E-state index in [9.17, 15) is 9.59 Å². The maximum absolute atomic E-state index is 12.8. The number of aromatic nitrogens is 3. The lowest BCUT2D eigenvalue weighted by Crippen LogP contribution is -2.48. The smallest absolute Gasteiger partial charge is 0.273 e. The standard InChI is InChI=1S/C26H30N8O4/c1-3-38-20-12-8-17(9-13-20)25(36)30-19-5-4-14-34(15-19)26-31-24(21(22(27)35)32-33-26)29-18-10-6-16(7-11-18)23(28)37-2/h6-13,19,28H,3-5,14-15H2,1-2H3,(H2,27,35)(H,30,36)(H,29,31,33). The predicted octanol–water partition coefficient (Wildman–Crippen LogP) is 2.48. The molecule has 4 rings (SSSR count). The number of methoxy groups -OCH3 is 1. The van der Waals surface area contributed by atoms with E-state index >= 15 is 0 Å². The van der Waals surface area contributed by atoms with Crippen molar-refractivity contribution >= 4 is 35.2 Å². The Balaban J connectivity index is 1.47. The van der Waals surface area contributed by atoms with Crippen molar-refractivity contribution in [2.24, 2.45) is 5.73 Å². The highest BCUT2D eigenvalue weighted by Crippen LogP contribution is 2.22. The summed E-state index contributed by atoms with van der Waals surface area (Å²) >= 11 is 0. The van der Waals surface area contributed by atoms with E-state index in [4.69, 9.17) is 20.6 Å². The summed E-state index contributed by atoms with van der Waals surface area (Å²) in [4.78, 5) is 31.2. The van der Waals surface area contributed by atoms with Gasteiger partial charge in [-0.15, -0.1) is 10.2 Å². The summed E-state index contributed by atoms with van der Waals surface area (Å²) in [5, 5.41) is 22.0. The van der Waals surface area contributed by atoms with Crippen molar-refractivity contribution in [2.75, 3.05) is 37.0 Å². The number of carbonyl (C=O) groups is 2. The number of rotatable bonds is 9. The number of carbonyl (C=O) groups excluding carboxylic acids is 2. The van der Waals surface area contributed by atoms with Gasteiger partial charge in [0.1, 0.15) is 5.75 Å². The van der Waals surface area contributed by atoms with Crippen LogP contribution in [0.15, 0.2) is 48.5 Å². The molecule has 0 bridgehead atoms. The minimum atomic E-state index is -0.768. The number of piperidine rings is 1. The van der Waals surface area contributed by atoms with E-state index in [1.165, 1.54) is 7.11 Å². The first kappa shape index (κ1) is 26.3. The Morgan fingerprint density at radius 1 is 1.11 bits per heavy atom. The van der Waals surface area contributed by atoms with E-state index < -0.39 is 5.91 Å². The van der Waals surface area contributed by atoms with E-state index in [2.05, 4.69) is 25.8 Å². The average molecular weight is 519 g/mol. The van der Waals surface area contributed by atoms with Gasteiger partial charge in [-0.2, -0.15) is 4.98 Å². The van der Waals surface area contributed by atoms with Gasteiger partial charge < -0.3 is 30.7 Å². The summed E-state index contributed by atoms with van der Waals surface area (Å²) in [6.07, 6.45) is 1.62. The molecule has 1 unspecified atom stereocenters. The number of benzene rings is 2. The highest BCUT2D eigenvalue weighted by molar-refractivity contribution is 5.96. The van der Waals surface area contributed by atoms with E-state index in [0.717, 1.165) is 12.8 Å². The van der Waals surface area contributed by atoms with Crippen molar-refractivity contribution in [1.29, 1.82) is 5.41 Å². The third-order valence-electron chi connectivity index (χ3n) is 5.99. The number of nitrogens with one attached hydrogen (secondary N) is 3. The van der Waals surface area contributed by atoms with Crippen LogP contribution in [0.1, 0.15) is 46.2 Å². The van der Waals surface area contributed by atoms with Gasteiger partial charge in [0, 0.05) is 35.9 Å². The van der Waals surface area contributed by atoms with Gasteiger partial charge in [0.15, 0.2) is 11.5 Å². The SMILES string of the molecule is CCOc1ccc(C(=O)NC2CCCN(c3nnc(C(N)=O)c(Nc4ccc(C(=N)OC)cc4)n3)C2)cc1. The van der Waals surface area contributed by atoms with Crippen LogP contribution in [-0.4, -0.2) is 65.7 Å². The van der Waals surface area contributed by atoms with Crippen LogP contribution in [0.5, 0.6) is 5.75 Å². The zero-order valence-electron chi connectivity index (χ0n) is 21.2. The number of primary amides is 1. The summed E-state index contributed by atoms with van der Waals surface area (Å²) in [7, 11) is 1.43. The molecule has 12 heteroatoms. The number of nitrogens with zero attached hydrogens (tertiary/aromatic N) is 4. The van der Waals surface area contributed by atoms with Crippen molar-refractivity contribution in [3.63, 3.8) is 0 Å². The number of hydrogen-bond acceptors (Lipinski definition) is 10. The summed E-state index contributed by atoms with van der Waals surface area (Å²) in [6, 6.07) is 13.8. The van der Waals surface area contributed by atoms with Gasteiger partial charge in [0.25, 0.3) is 11.8 Å². The second-order valence-corrected chi connectivity index (χ2v) is 8.62. The molecule has 0 spiro atoms. The van der Waals surface area contributed by atoms with E-state index in [1.807, 2.05) is 11.8 Å². The number of hydrogen-bond donors (Lipinski definition) is 4. The molecule has 2 aromatic carbocycles. The Bertz CT molecular complexity index is 1300. The van der Waals surface area contributed by atoms with Gasteiger partial charge in [-0.3, -0.25) is 15.0 Å².